The van der Waals surface area contributed by atoms with Crippen molar-refractivity contribution in [1.29, 1.82) is 0 Å². The van der Waals surface area contributed by atoms with Gasteiger partial charge in [-0.15, -0.1) is 11.6 Å². The number of nitrogens with one attached hydrogen (secondary N) is 1. The van der Waals surface area contributed by atoms with Crippen molar-refractivity contribution in [3.8, 4) is 0 Å². The Bertz CT molecular complexity index is 474. The first-order valence-corrected chi connectivity index (χ1v) is 6.37. The summed E-state index contributed by atoms with van der Waals surface area (Å²) in [5.74, 6) is -0.175. The Morgan fingerprint density at radius 2 is 2.17 bits per heavy atom. The number of hydrogen-bond donors (Lipinski definition) is 1. The van der Waals surface area contributed by atoms with Crippen LogP contribution in [0.15, 0.2) is 24.3 Å². The molecule has 18 heavy (non-hydrogen) atoms. The van der Waals surface area contributed by atoms with Crippen LogP contribution in [0, 0.1) is 0 Å². The molecule has 0 bridgehead atoms. The first kappa shape index (κ1) is 12.9. The number of hydrogen-bond acceptors (Lipinski definition) is 2. The smallest absolute Gasteiger partial charge is 0.242 e. The Balaban J connectivity index is 2.25. The number of carbonyl (C=O) groups excluding carboxylic acids is 2. The van der Waals surface area contributed by atoms with Gasteiger partial charge in [0.05, 0.1) is 11.4 Å². The lowest BCUT2D eigenvalue weighted by molar-refractivity contribution is -0.117. The molecule has 1 atom stereocenters. The van der Waals surface area contributed by atoms with Gasteiger partial charge >= 0.3 is 0 Å². The van der Waals surface area contributed by atoms with Gasteiger partial charge in [0.1, 0.15) is 5.38 Å². The van der Waals surface area contributed by atoms with E-state index in [0.29, 0.717) is 18.7 Å². The summed E-state index contributed by atoms with van der Waals surface area (Å²) in [5, 5.41) is 2.14. The number of anilines is 2. The first-order chi connectivity index (χ1) is 8.59. The topological polar surface area (TPSA) is 49.4 Å². The summed E-state index contributed by atoms with van der Waals surface area (Å²) in [6, 6.07) is 7.27. The zero-order valence-corrected chi connectivity index (χ0v) is 10.9. The number of benzene rings is 1. The number of nitrogens with zero attached hydrogens (tertiary/aromatic N) is 1. The molecule has 96 valence electrons. The fourth-order valence-corrected chi connectivity index (χ4v) is 2.00. The minimum Gasteiger partial charge on any atom is -0.323 e. The van der Waals surface area contributed by atoms with E-state index in [-0.39, 0.29) is 11.8 Å². The molecule has 2 amide bonds. The number of alkyl halides is 1. The fraction of sp³-hybridized carbons (Fsp3) is 0.385. The van der Waals surface area contributed by atoms with E-state index < -0.39 is 5.38 Å². The van der Waals surface area contributed by atoms with E-state index >= 15 is 0 Å². The van der Waals surface area contributed by atoms with E-state index in [9.17, 15) is 9.59 Å². The van der Waals surface area contributed by atoms with E-state index in [1.54, 1.807) is 17.9 Å². The molecular weight excluding hydrogens is 252 g/mol. The van der Waals surface area contributed by atoms with Crippen LogP contribution in [-0.2, 0) is 9.59 Å². The number of para-hydroxylation sites is 2. The van der Waals surface area contributed by atoms with E-state index in [1.807, 2.05) is 18.2 Å². The van der Waals surface area contributed by atoms with Gasteiger partial charge in [0, 0.05) is 13.0 Å². The predicted octanol–water partition coefficient (Wildman–Crippen LogP) is 2.38. The van der Waals surface area contributed by atoms with Crippen LogP contribution in [0.4, 0.5) is 11.4 Å². The van der Waals surface area contributed by atoms with Crippen molar-refractivity contribution in [2.75, 3.05) is 16.8 Å². The van der Waals surface area contributed by atoms with Gasteiger partial charge in [-0.1, -0.05) is 12.1 Å². The lowest BCUT2D eigenvalue weighted by Crippen LogP contribution is -2.27. The lowest BCUT2D eigenvalue weighted by Gasteiger charge is -2.20. The van der Waals surface area contributed by atoms with Gasteiger partial charge in [0.15, 0.2) is 0 Å². The maximum atomic E-state index is 11.7. The minimum atomic E-state index is -0.604. The Hall–Kier alpha value is -1.55. The highest BCUT2D eigenvalue weighted by atomic mass is 35.5. The highest BCUT2D eigenvalue weighted by Crippen LogP contribution is 2.29. The van der Waals surface area contributed by atoms with Gasteiger partial charge in [-0.3, -0.25) is 9.59 Å². The van der Waals surface area contributed by atoms with Crippen molar-refractivity contribution >= 4 is 34.8 Å². The molecule has 0 aromatic heterocycles. The third-order valence-corrected chi connectivity index (χ3v) is 3.09. The molecule has 1 saturated heterocycles. The van der Waals surface area contributed by atoms with Gasteiger partial charge < -0.3 is 10.2 Å². The molecule has 1 aromatic carbocycles. The van der Waals surface area contributed by atoms with Crippen molar-refractivity contribution in [3.05, 3.63) is 24.3 Å². The van der Waals surface area contributed by atoms with Crippen molar-refractivity contribution in [1.82, 2.24) is 0 Å². The molecule has 0 saturated carbocycles. The second-order valence-electron chi connectivity index (χ2n) is 4.27. The van der Waals surface area contributed by atoms with Crippen LogP contribution in [0.1, 0.15) is 19.8 Å². The van der Waals surface area contributed by atoms with Crippen LogP contribution in [0.3, 0.4) is 0 Å². The van der Waals surface area contributed by atoms with Gasteiger partial charge in [0.25, 0.3) is 0 Å². The van der Waals surface area contributed by atoms with Crippen LogP contribution in [-0.4, -0.2) is 23.7 Å². The van der Waals surface area contributed by atoms with Gasteiger partial charge in [-0.05, 0) is 25.5 Å². The van der Waals surface area contributed by atoms with E-state index in [2.05, 4.69) is 5.32 Å². The lowest BCUT2D eigenvalue weighted by atomic mass is 10.2. The zero-order chi connectivity index (χ0) is 13.1. The molecule has 0 radical (unpaired) electrons. The van der Waals surface area contributed by atoms with Gasteiger partial charge in [-0.2, -0.15) is 0 Å². The highest BCUT2D eigenvalue weighted by molar-refractivity contribution is 6.32. The summed E-state index contributed by atoms with van der Waals surface area (Å²) in [4.78, 5) is 25.1. The highest BCUT2D eigenvalue weighted by Gasteiger charge is 2.24. The molecule has 2 rings (SSSR count). The molecule has 4 nitrogen and oxygen atoms in total. The van der Waals surface area contributed by atoms with E-state index in [1.165, 1.54) is 0 Å². The van der Waals surface area contributed by atoms with Crippen molar-refractivity contribution < 1.29 is 9.59 Å². The van der Waals surface area contributed by atoms with Gasteiger partial charge in [-0.25, -0.2) is 0 Å². The molecule has 0 spiro atoms. The van der Waals surface area contributed by atoms with E-state index in [0.717, 1.165) is 12.1 Å². The van der Waals surface area contributed by atoms with Crippen molar-refractivity contribution in [2.45, 2.75) is 25.1 Å². The molecule has 1 aliphatic heterocycles. The summed E-state index contributed by atoms with van der Waals surface area (Å²) in [6.07, 6.45) is 1.42. The molecule has 1 N–H and O–H groups in total. The zero-order valence-electron chi connectivity index (χ0n) is 10.1. The predicted molar refractivity (Wildman–Crippen MR) is 72.0 cm³/mol. The van der Waals surface area contributed by atoms with Crippen LogP contribution >= 0.6 is 11.6 Å². The molecular formula is C13H15ClN2O2. The Kier molecular flexibility index (Phi) is 3.87. The molecule has 1 fully saturated rings. The number of carbonyl (C=O) groups is 2. The third kappa shape index (κ3) is 2.64. The average molecular weight is 267 g/mol. The average Bonchev–Trinajstić information content (AvgIpc) is 2.76. The van der Waals surface area contributed by atoms with Gasteiger partial charge in [0.2, 0.25) is 11.8 Å². The Morgan fingerprint density at radius 3 is 2.78 bits per heavy atom. The minimum absolute atomic E-state index is 0.0932. The van der Waals surface area contributed by atoms with Crippen LogP contribution in [0.2, 0.25) is 0 Å². The van der Waals surface area contributed by atoms with Crippen molar-refractivity contribution in [3.63, 3.8) is 0 Å². The first-order valence-electron chi connectivity index (χ1n) is 5.94. The Morgan fingerprint density at radius 1 is 1.44 bits per heavy atom. The largest absolute Gasteiger partial charge is 0.323 e. The third-order valence-electron chi connectivity index (χ3n) is 2.89. The summed E-state index contributed by atoms with van der Waals surface area (Å²) in [5.41, 5.74) is 1.37. The molecule has 1 aromatic rings. The number of rotatable bonds is 3. The maximum Gasteiger partial charge on any atom is 0.242 e. The fourth-order valence-electron chi connectivity index (χ4n) is 1.95. The second-order valence-corrected chi connectivity index (χ2v) is 4.93. The maximum absolute atomic E-state index is 11.7. The molecule has 0 aliphatic carbocycles. The number of amides is 2. The standard InChI is InChI=1S/C13H15ClN2O2/c1-9(14)13(18)15-10-5-2-3-6-11(10)16-8-4-7-12(16)17/h2-3,5-6,9H,4,7-8H2,1H3,(H,15,18)/t9-/m0/s1. The number of halogens is 1. The molecule has 1 aliphatic rings. The van der Waals surface area contributed by atoms with Crippen LogP contribution in [0.5, 0.6) is 0 Å². The molecule has 0 unspecified atom stereocenters. The quantitative estimate of drug-likeness (QED) is 0.854. The normalized spacial score (nSPS) is 16.8. The summed E-state index contributed by atoms with van der Waals surface area (Å²) < 4.78 is 0. The van der Waals surface area contributed by atoms with Crippen LogP contribution < -0.4 is 10.2 Å². The summed E-state index contributed by atoms with van der Waals surface area (Å²) in [6.45, 7) is 2.31. The summed E-state index contributed by atoms with van der Waals surface area (Å²) in [7, 11) is 0. The van der Waals surface area contributed by atoms with E-state index in [4.69, 9.17) is 11.6 Å². The SMILES string of the molecule is C[C@H](Cl)C(=O)Nc1ccccc1N1CCCC1=O. The molecule has 1 heterocycles. The Labute approximate surface area is 111 Å². The van der Waals surface area contributed by atoms with Crippen molar-refractivity contribution in [2.24, 2.45) is 0 Å². The van der Waals surface area contributed by atoms with Crippen LogP contribution in [0.25, 0.3) is 0 Å². The summed E-state index contributed by atoms with van der Waals surface area (Å²) >= 11 is 5.73. The second kappa shape index (κ2) is 5.40. The monoisotopic (exact) mass is 266 g/mol. The molecule has 5 heteroatoms.